The van der Waals surface area contributed by atoms with Crippen molar-refractivity contribution in [2.75, 3.05) is 5.33 Å². The maximum Gasteiger partial charge on any atom is 0.269 e. The van der Waals surface area contributed by atoms with Gasteiger partial charge in [-0.1, -0.05) is 29.8 Å². The van der Waals surface area contributed by atoms with E-state index in [-0.39, 0.29) is 17.6 Å². The predicted octanol–water partition coefficient (Wildman–Crippen LogP) is 3.44. The van der Waals surface area contributed by atoms with E-state index < -0.39 is 4.92 Å². The second-order valence-corrected chi connectivity index (χ2v) is 5.85. The number of aryl methyl sites for hydroxylation is 1. The zero-order valence-corrected chi connectivity index (χ0v) is 13.4. The SMILES string of the molecule is Cc1cc([N+](=O)[O-])ccc1C(=O)NC(CCBr)C(C)C. The number of hydrogen-bond acceptors (Lipinski definition) is 3. The van der Waals surface area contributed by atoms with Gasteiger partial charge in [0, 0.05) is 29.1 Å². The summed E-state index contributed by atoms with van der Waals surface area (Å²) in [6.07, 6.45) is 0.843. The zero-order chi connectivity index (χ0) is 15.3. The van der Waals surface area contributed by atoms with Crippen molar-refractivity contribution >= 4 is 27.5 Å². The molecule has 0 bridgehead atoms. The molecule has 1 N–H and O–H groups in total. The fraction of sp³-hybridized carbons (Fsp3) is 0.500. The van der Waals surface area contributed by atoms with Gasteiger partial charge in [0.1, 0.15) is 0 Å². The molecule has 1 aromatic carbocycles. The molecule has 0 aliphatic carbocycles. The highest BCUT2D eigenvalue weighted by Gasteiger charge is 2.19. The standard InChI is InChI=1S/C14H19BrN2O3/c1-9(2)13(6-7-15)16-14(18)12-5-4-11(17(19)20)8-10(12)3/h4-5,8-9,13H,6-7H2,1-3H3,(H,16,18). The van der Waals surface area contributed by atoms with Crippen molar-refractivity contribution in [1.82, 2.24) is 5.32 Å². The molecule has 0 heterocycles. The minimum Gasteiger partial charge on any atom is -0.349 e. The normalized spacial score (nSPS) is 12.2. The average Bonchev–Trinajstić information content (AvgIpc) is 2.37. The summed E-state index contributed by atoms with van der Waals surface area (Å²) >= 11 is 3.38. The second-order valence-electron chi connectivity index (χ2n) is 5.06. The highest BCUT2D eigenvalue weighted by atomic mass is 79.9. The number of nitrogens with zero attached hydrogens (tertiary/aromatic N) is 1. The van der Waals surface area contributed by atoms with Crippen molar-refractivity contribution in [3.8, 4) is 0 Å². The fourth-order valence-electron chi connectivity index (χ4n) is 1.95. The van der Waals surface area contributed by atoms with Crippen molar-refractivity contribution in [2.24, 2.45) is 5.92 Å². The second kappa shape index (κ2) is 7.38. The third kappa shape index (κ3) is 4.30. The predicted molar refractivity (Wildman–Crippen MR) is 82.3 cm³/mol. The fourth-order valence-corrected chi connectivity index (χ4v) is 2.45. The van der Waals surface area contributed by atoms with Gasteiger partial charge in [0.2, 0.25) is 0 Å². The van der Waals surface area contributed by atoms with Gasteiger partial charge in [-0.15, -0.1) is 0 Å². The van der Waals surface area contributed by atoms with Gasteiger partial charge in [-0.25, -0.2) is 0 Å². The maximum absolute atomic E-state index is 12.2. The molecular formula is C14H19BrN2O3. The number of carbonyl (C=O) groups is 1. The Bertz CT molecular complexity index is 503. The van der Waals surface area contributed by atoms with Gasteiger partial charge < -0.3 is 5.32 Å². The van der Waals surface area contributed by atoms with E-state index in [0.29, 0.717) is 17.0 Å². The van der Waals surface area contributed by atoms with E-state index in [9.17, 15) is 14.9 Å². The highest BCUT2D eigenvalue weighted by Crippen LogP contribution is 2.18. The number of amides is 1. The number of non-ortho nitro benzene ring substituents is 1. The summed E-state index contributed by atoms with van der Waals surface area (Å²) in [6, 6.07) is 4.37. The number of nitrogens with one attached hydrogen (secondary N) is 1. The monoisotopic (exact) mass is 342 g/mol. The van der Waals surface area contributed by atoms with Crippen molar-refractivity contribution in [2.45, 2.75) is 33.2 Å². The van der Waals surface area contributed by atoms with Gasteiger partial charge in [0.25, 0.3) is 11.6 Å². The average molecular weight is 343 g/mol. The number of hydrogen-bond donors (Lipinski definition) is 1. The van der Waals surface area contributed by atoms with Gasteiger partial charge in [-0.2, -0.15) is 0 Å². The third-order valence-corrected chi connectivity index (χ3v) is 3.66. The summed E-state index contributed by atoms with van der Waals surface area (Å²) in [5.41, 5.74) is 1.09. The molecule has 0 spiro atoms. The lowest BCUT2D eigenvalue weighted by Crippen LogP contribution is -2.39. The summed E-state index contributed by atoms with van der Waals surface area (Å²) in [5, 5.41) is 14.5. The van der Waals surface area contributed by atoms with Crippen molar-refractivity contribution in [1.29, 1.82) is 0 Å². The highest BCUT2D eigenvalue weighted by molar-refractivity contribution is 9.09. The Hall–Kier alpha value is -1.43. The van der Waals surface area contributed by atoms with Gasteiger partial charge in [-0.3, -0.25) is 14.9 Å². The van der Waals surface area contributed by atoms with Crippen LogP contribution in [0.4, 0.5) is 5.69 Å². The van der Waals surface area contributed by atoms with E-state index in [0.717, 1.165) is 11.8 Å². The zero-order valence-electron chi connectivity index (χ0n) is 11.9. The number of halogens is 1. The van der Waals surface area contributed by atoms with Crippen LogP contribution in [0.15, 0.2) is 18.2 Å². The van der Waals surface area contributed by atoms with Crippen LogP contribution in [0.25, 0.3) is 0 Å². The molecule has 1 atom stereocenters. The number of rotatable bonds is 6. The van der Waals surface area contributed by atoms with Crippen molar-refractivity contribution in [3.05, 3.63) is 39.4 Å². The van der Waals surface area contributed by atoms with E-state index in [1.807, 2.05) is 0 Å². The molecule has 0 saturated carbocycles. The molecule has 0 radical (unpaired) electrons. The molecule has 0 aliphatic heterocycles. The molecule has 1 rings (SSSR count). The number of benzene rings is 1. The first-order chi connectivity index (χ1) is 9.36. The molecule has 0 aromatic heterocycles. The Balaban J connectivity index is 2.89. The Morgan fingerprint density at radius 1 is 1.45 bits per heavy atom. The number of nitro groups is 1. The van der Waals surface area contributed by atoms with Gasteiger partial charge in [0.05, 0.1) is 4.92 Å². The lowest BCUT2D eigenvalue weighted by molar-refractivity contribution is -0.384. The Labute approximate surface area is 127 Å². The van der Waals surface area contributed by atoms with Gasteiger partial charge in [-0.05, 0) is 30.9 Å². The van der Waals surface area contributed by atoms with Crippen molar-refractivity contribution in [3.63, 3.8) is 0 Å². The largest absolute Gasteiger partial charge is 0.349 e. The van der Waals surface area contributed by atoms with Crippen LogP contribution in [-0.2, 0) is 0 Å². The molecule has 0 saturated heterocycles. The van der Waals surface area contributed by atoms with E-state index in [4.69, 9.17) is 0 Å². The summed E-state index contributed by atoms with van der Waals surface area (Å²) in [5.74, 6) is 0.145. The lowest BCUT2D eigenvalue weighted by Gasteiger charge is -2.22. The smallest absolute Gasteiger partial charge is 0.269 e. The minimum absolute atomic E-state index is 0.0000761. The first-order valence-corrected chi connectivity index (χ1v) is 7.60. The first-order valence-electron chi connectivity index (χ1n) is 6.48. The summed E-state index contributed by atoms with van der Waals surface area (Å²) in [7, 11) is 0. The number of nitro benzene ring substituents is 1. The van der Waals surface area contributed by atoms with E-state index >= 15 is 0 Å². The molecule has 1 unspecified atom stereocenters. The van der Waals surface area contributed by atoms with Crippen LogP contribution < -0.4 is 5.32 Å². The Morgan fingerprint density at radius 2 is 2.10 bits per heavy atom. The van der Waals surface area contributed by atoms with Crippen LogP contribution in [0.5, 0.6) is 0 Å². The van der Waals surface area contributed by atoms with Gasteiger partial charge >= 0.3 is 0 Å². The number of carbonyl (C=O) groups excluding carboxylic acids is 1. The minimum atomic E-state index is -0.462. The van der Waals surface area contributed by atoms with E-state index in [1.54, 1.807) is 6.92 Å². The maximum atomic E-state index is 12.2. The molecule has 0 fully saturated rings. The first kappa shape index (κ1) is 16.6. The summed E-state index contributed by atoms with van der Waals surface area (Å²) in [4.78, 5) is 22.5. The van der Waals surface area contributed by atoms with Gasteiger partial charge in [0.15, 0.2) is 0 Å². The third-order valence-electron chi connectivity index (χ3n) is 3.21. The number of alkyl halides is 1. The molecule has 1 amide bonds. The van der Waals surface area contributed by atoms with Crippen LogP contribution in [-0.4, -0.2) is 22.2 Å². The molecule has 0 aliphatic rings. The van der Waals surface area contributed by atoms with Crippen molar-refractivity contribution < 1.29 is 9.72 Å². The van der Waals surface area contributed by atoms with Crippen LogP contribution in [0.3, 0.4) is 0 Å². The topological polar surface area (TPSA) is 72.2 Å². The van der Waals surface area contributed by atoms with E-state index in [2.05, 4.69) is 35.1 Å². The summed E-state index contributed by atoms with van der Waals surface area (Å²) in [6.45, 7) is 5.81. The lowest BCUT2D eigenvalue weighted by atomic mass is 10.0. The Morgan fingerprint density at radius 3 is 2.55 bits per heavy atom. The molecule has 110 valence electrons. The molecule has 6 heteroatoms. The molecule has 1 aromatic rings. The van der Waals surface area contributed by atoms with Crippen LogP contribution >= 0.6 is 15.9 Å². The van der Waals surface area contributed by atoms with Crippen LogP contribution in [0.2, 0.25) is 0 Å². The van der Waals surface area contributed by atoms with E-state index in [1.165, 1.54) is 18.2 Å². The molecule has 5 nitrogen and oxygen atoms in total. The molecular weight excluding hydrogens is 324 g/mol. The summed E-state index contributed by atoms with van der Waals surface area (Å²) < 4.78 is 0. The molecule has 20 heavy (non-hydrogen) atoms. The quantitative estimate of drug-likeness (QED) is 0.489. The van der Waals surface area contributed by atoms with Crippen LogP contribution in [0.1, 0.15) is 36.2 Å². The Kier molecular flexibility index (Phi) is 6.13. The van der Waals surface area contributed by atoms with Crippen LogP contribution in [0, 0.1) is 23.0 Å².